The van der Waals surface area contributed by atoms with Crippen LogP contribution >= 0.6 is 12.4 Å². The summed E-state index contributed by atoms with van der Waals surface area (Å²) in [6.07, 6.45) is -0.603. The van der Waals surface area contributed by atoms with Crippen LogP contribution in [0.15, 0.2) is 30.3 Å². The summed E-state index contributed by atoms with van der Waals surface area (Å²) in [5, 5.41) is 3.03. The fourth-order valence-electron chi connectivity index (χ4n) is 1.99. The molecule has 0 heterocycles. The molecule has 0 aliphatic rings. The van der Waals surface area contributed by atoms with Crippen molar-refractivity contribution in [1.82, 2.24) is 5.32 Å². The van der Waals surface area contributed by atoms with Crippen molar-refractivity contribution in [3.63, 3.8) is 0 Å². The minimum absolute atomic E-state index is 0. The van der Waals surface area contributed by atoms with E-state index in [-0.39, 0.29) is 36.3 Å². The predicted octanol–water partition coefficient (Wildman–Crippen LogP) is 2.29. The Hall–Kier alpha value is -1.10. The number of hydrogen-bond donors (Lipinski definition) is 2. The molecule has 0 fully saturated rings. The first kappa shape index (κ1) is 18.9. The normalized spacial score (nSPS) is 14.1. The lowest BCUT2D eigenvalue weighted by Gasteiger charge is -2.33. The molecule has 20 heavy (non-hydrogen) atoms. The molecular weight excluding hydrogens is 276 g/mol. The summed E-state index contributed by atoms with van der Waals surface area (Å²) >= 11 is 0. The molecule has 0 saturated heterocycles. The quantitative estimate of drug-likeness (QED) is 0.877. The standard InChI is InChI=1S/C15H24N2O2.ClH/c1-15(2,3)13(11-8-6-5-7-9-11)17-14(18)12(10-16)19-4;/h5-9,12-13H,10,16H2,1-4H3,(H,17,18);1H. The van der Waals surface area contributed by atoms with E-state index in [1.807, 2.05) is 30.3 Å². The van der Waals surface area contributed by atoms with Gasteiger partial charge < -0.3 is 15.8 Å². The SMILES string of the molecule is COC(CN)C(=O)NC(c1ccccc1)C(C)(C)C.Cl. The van der Waals surface area contributed by atoms with E-state index in [9.17, 15) is 4.79 Å². The van der Waals surface area contributed by atoms with Crippen LogP contribution in [-0.2, 0) is 9.53 Å². The number of rotatable bonds is 5. The third kappa shape index (κ3) is 5.12. The Bertz CT molecular complexity index is 400. The number of hydrogen-bond acceptors (Lipinski definition) is 3. The van der Waals surface area contributed by atoms with Crippen LogP contribution in [0.3, 0.4) is 0 Å². The number of carbonyl (C=O) groups excluding carboxylic acids is 1. The highest BCUT2D eigenvalue weighted by molar-refractivity contribution is 5.85. The van der Waals surface area contributed by atoms with Gasteiger partial charge in [0.25, 0.3) is 5.91 Å². The Morgan fingerprint density at radius 1 is 1.30 bits per heavy atom. The molecule has 5 heteroatoms. The van der Waals surface area contributed by atoms with Crippen LogP contribution < -0.4 is 11.1 Å². The third-order valence-electron chi connectivity index (χ3n) is 3.08. The molecule has 114 valence electrons. The van der Waals surface area contributed by atoms with E-state index in [0.29, 0.717) is 0 Å². The average Bonchev–Trinajstić information content (AvgIpc) is 2.37. The first-order chi connectivity index (χ1) is 8.90. The lowest BCUT2D eigenvalue weighted by Crippen LogP contribution is -2.45. The fraction of sp³-hybridized carbons (Fsp3) is 0.533. The van der Waals surface area contributed by atoms with Gasteiger partial charge in [-0.1, -0.05) is 51.1 Å². The summed E-state index contributed by atoms with van der Waals surface area (Å²) in [5.74, 6) is -0.172. The molecule has 0 saturated carbocycles. The number of methoxy groups -OCH3 is 1. The van der Waals surface area contributed by atoms with E-state index in [1.165, 1.54) is 7.11 Å². The zero-order valence-corrected chi connectivity index (χ0v) is 13.4. The first-order valence-electron chi connectivity index (χ1n) is 6.48. The number of halogens is 1. The van der Waals surface area contributed by atoms with Crippen LogP contribution in [0.4, 0.5) is 0 Å². The van der Waals surface area contributed by atoms with Crippen molar-refractivity contribution in [2.24, 2.45) is 11.1 Å². The molecule has 1 aromatic rings. The van der Waals surface area contributed by atoms with E-state index < -0.39 is 6.10 Å². The Balaban J connectivity index is 0.00000361. The van der Waals surface area contributed by atoms with Crippen molar-refractivity contribution in [3.8, 4) is 0 Å². The Morgan fingerprint density at radius 2 is 1.85 bits per heavy atom. The molecule has 2 atom stereocenters. The first-order valence-corrected chi connectivity index (χ1v) is 6.48. The van der Waals surface area contributed by atoms with Crippen LogP contribution in [0.1, 0.15) is 32.4 Å². The molecular formula is C15H25ClN2O2. The molecule has 1 amide bonds. The van der Waals surface area contributed by atoms with E-state index in [0.717, 1.165) is 5.56 Å². The van der Waals surface area contributed by atoms with Gasteiger partial charge in [0.2, 0.25) is 0 Å². The van der Waals surface area contributed by atoms with E-state index in [2.05, 4.69) is 26.1 Å². The smallest absolute Gasteiger partial charge is 0.250 e. The molecule has 0 bridgehead atoms. The lowest BCUT2D eigenvalue weighted by atomic mass is 9.82. The van der Waals surface area contributed by atoms with Gasteiger partial charge >= 0.3 is 0 Å². The predicted molar refractivity (Wildman–Crippen MR) is 83.9 cm³/mol. The monoisotopic (exact) mass is 300 g/mol. The van der Waals surface area contributed by atoms with Crippen molar-refractivity contribution in [2.75, 3.05) is 13.7 Å². The van der Waals surface area contributed by atoms with Crippen molar-refractivity contribution < 1.29 is 9.53 Å². The van der Waals surface area contributed by atoms with Crippen LogP contribution in [0.5, 0.6) is 0 Å². The van der Waals surface area contributed by atoms with Gasteiger partial charge in [-0.2, -0.15) is 0 Å². The highest BCUT2D eigenvalue weighted by atomic mass is 35.5. The van der Waals surface area contributed by atoms with Crippen molar-refractivity contribution in [2.45, 2.75) is 32.9 Å². The van der Waals surface area contributed by atoms with Gasteiger partial charge in [-0.15, -0.1) is 12.4 Å². The van der Waals surface area contributed by atoms with Crippen LogP contribution in [-0.4, -0.2) is 25.7 Å². The maximum absolute atomic E-state index is 12.1. The number of ether oxygens (including phenoxy) is 1. The summed E-state index contributed by atoms with van der Waals surface area (Å²) in [7, 11) is 1.49. The molecule has 4 nitrogen and oxygen atoms in total. The van der Waals surface area contributed by atoms with Crippen LogP contribution in [0.25, 0.3) is 0 Å². The zero-order chi connectivity index (χ0) is 14.5. The van der Waals surface area contributed by atoms with Crippen LogP contribution in [0, 0.1) is 5.41 Å². The number of nitrogens with one attached hydrogen (secondary N) is 1. The second-order valence-electron chi connectivity index (χ2n) is 5.68. The molecule has 3 N–H and O–H groups in total. The van der Waals surface area contributed by atoms with Crippen molar-refractivity contribution in [3.05, 3.63) is 35.9 Å². The molecule has 0 spiro atoms. The largest absolute Gasteiger partial charge is 0.370 e. The van der Waals surface area contributed by atoms with Crippen LogP contribution in [0.2, 0.25) is 0 Å². The van der Waals surface area contributed by atoms with Gasteiger partial charge in [-0.3, -0.25) is 4.79 Å². The van der Waals surface area contributed by atoms with E-state index in [1.54, 1.807) is 0 Å². The van der Waals surface area contributed by atoms with Gasteiger partial charge in [0, 0.05) is 13.7 Å². The summed E-state index contributed by atoms with van der Waals surface area (Å²) in [5.41, 5.74) is 6.51. The van der Waals surface area contributed by atoms with Gasteiger partial charge in [0.1, 0.15) is 6.10 Å². The zero-order valence-electron chi connectivity index (χ0n) is 12.6. The van der Waals surface area contributed by atoms with Crippen molar-refractivity contribution in [1.29, 1.82) is 0 Å². The second-order valence-corrected chi connectivity index (χ2v) is 5.68. The number of benzene rings is 1. The molecule has 2 unspecified atom stereocenters. The third-order valence-corrected chi connectivity index (χ3v) is 3.08. The minimum atomic E-state index is -0.603. The summed E-state index contributed by atoms with van der Waals surface area (Å²) in [6, 6.07) is 9.85. The molecule has 1 rings (SSSR count). The summed E-state index contributed by atoms with van der Waals surface area (Å²) in [6.45, 7) is 6.45. The Kier molecular flexibility index (Phi) is 7.79. The van der Waals surface area contributed by atoms with Gasteiger partial charge in [-0.25, -0.2) is 0 Å². The molecule has 0 aromatic heterocycles. The lowest BCUT2D eigenvalue weighted by molar-refractivity contribution is -0.132. The number of nitrogens with two attached hydrogens (primary N) is 1. The number of amides is 1. The second kappa shape index (κ2) is 8.25. The molecule has 1 aromatic carbocycles. The maximum atomic E-state index is 12.1. The average molecular weight is 301 g/mol. The fourth-order valence-corrected chi connectivity index (χ4v) is 1.99. The van der Waals surface area contributed by atoms with Crippen molar-refractivity contribution >= 4 is 18.3 Å². The minimum Gasteiger partial charge on any atom is -0.370 e. The summed E-state index contributed by atoms with van der Waals surface area (Å²) in [4.78, 5) is 12.1. The Labute approximate surface area is 127 Å². The molecule has 0 aliphatic carbocycles. The van der Waals surface area contributed by atoms with Gasteiger partial charge in [0.15, 0.2) is 0 Å². The topological polar surface area (TPSA) is 64.3 Å². The Morgan fingerprint density at radius 3 is 2.25 bits per heavy atom. The molecule has 0 aliphatic heterocycles. The van der Waals surface area contributed by atoms with Gasteiger partial charge in [-0.05, 0) is 11.0 Å². The highest BCUT2D eigenvalue weighted by Gasteiger charge is 2.29. The maximum Gasteiger partial charge on any atom is 0.250 e. The highest BCUT2D eigenvalue weighted by Crippen LogP contribution is 2.32. The number of carbonyl (C=O) groups is 1. The molecule has 0 radical (unpaired) electrons. The van der Waals surface area contributed by atoms with Gasteiger partial charge in [0.05, 0.1) is 6.04 Å². The summed E-state index contributed by atoms with van der Waals surface area (Å²) < 4.78 is 5.07. The van der Waals surface area contributed by atoms with E-state index >= 15 is 0 Å². The van der Waals surface area contributed by atoms with E-state index in [4.69, 9.17) is 10.5 Å².